The van der Waals surface area contributed by atoms with Gasteiger partial charge in [-0.05, 0) is 55.4 Å². The van der Waals surface area contributed by atoms with E-state index in [1.165, 1.54) is 38.5 Å². The van der Waals surface area contributed by atoms with Crippen LogP contribution >= 0.6 is 0 Å². The van der Waals surface area contributed by atoms with E-state index in [9.17, 15) is 0 Å². The van der Waals surface area contributed by atoms with Crippen molar-refractivity contribution in [3.05, 3.63) is 0 Å². The highest BCUT2D eigenvalue weighted by Gasteiger charge is 2.61. The predicted molar refractivity (Wildman–Crippen MR) is 76.5 cm³/mol. The van der Waals surface area contributed by atoms with E-state index in [-0.39, 0.29) is 0 Å². The average molecular weight is 253 g/mol. The Hall–Kier alpha value is -0.0800. The van der Waals surface area contributed by atoms with Crippen molar-refractivity contribution in [2.24, 2.45) is 22.5 Å². The highest BCUT2D eigenvalue weighted by Crippen LogP contribution is 2.66. The van der Waals surface area contributed by atoms with E-state index in [0.29, 0.717) is 16.9 Å². The summed E-state index contributed by atoms with van der Waals surface area (Å²) in [5.74, 6) is 0.893. The molecule has 3 unspecified atom stereocenters. The summed E-state index contributed by atoms with van der Waals surface area (Å²) < 4.78 is 6.22. The number of nitrogens with two attached hydrogens (primary N) is 1. The lowest BCUT2D eigenvalue weighted by Gasteiger charge is -2.39. The van der Waals surface area contributed by atoms with Gasteiger partial charge in [-0.15, -0.1) is 0 Å². The highest BCUT2D eigenvalue weighted by atomic mass is 16.5. The number of ether oxygens (including phenoxy) is 1. The van der Waals surface area contributed by atoms with Crippen molar-refractivity contribution >= 4 is 0 Å². The van der Waals surface area contributed by atoms with Crippen molar-refractivity contribution in [3.63, 3.8) is 0 Å². The molecule has 0 aromatic rings. The molecule has 0 heterocycles. The zero-order valence-corrected chi connectivity index (χ0v) is 12.5. The van der Waals surface area contributed by atoms with Crippen molar-refractivity contribution in [2.45, 2.75) is 71.8 Å². The first-order chi connectivity index (χ1) is 8.52. The molecule has 2 saturated carbocycles. The predicted octanol–water partition coefficient (Wildman–Crippen LogP) is 3.74. The Morgan fingerprint density at radius 1 is 1.11 bits per heavy atom. The lowest BCUT2D eigenvalue weighted by atomic mass is 9.70. The van der Waals surface area contributed by atoms with E-state index in [1.807, 2.05) is 0 Å². The van der Waals surface area contributed by atoms with Crippen LogP contribution in [0, 0.1) is 16.7 Å². The van der Waals surface area contributed by atoms with Crippen molar-refractivity contribution < 1.29 is 4.74 Å². The Morgan fingerprint density at radius 3 is 2.39 bits per heavy atom. The van der Waals surface area contributed by atoms with Crippen LogP contribution in [0.5, 0.6) is 0 Å². The molecule has 0 aliphatic heterocycles. The minimum Gasteiger partial charge on any atom is -0.378 e. The Morgan fingerprint density at radius 2 is 1.83 bits per heavy atom. The fourth-order valence-electron chi connectivity index (χ4n) is 4.21. The Balaban J connectivity index is 1.72. The van der Waals surface area contributed by atoms with Crippen LogP contribution in [0.2, 0.25) is 0 Å². The molecule has 0 spiro atoms. The van der Waals surface area contributed by atoms with Crippen LogP contribution in [0.15, 0.2) is 0 Å². The summed E-state index contributed by atoms with van der Waals surface area (Å²) in [6.45, 7) is 9.15. The maximum atomic E-state index is 6.22. The standard InChI is InChI=1S/C16H31NO/c1-15(2)13-8-9-16(15,3)14(12-13)18-11-7-5-4-6-10-17/h13-14H,4-12,17H2,1-3H3. The van der Waals surface area contributed by atoms with Crippen molar-refractivity contribution in [1.29, 1.82) is 0 Å². The third-order valence-corrected chi connectivity index (χ3v) is 6.13. The number of fused-ring (bicyclic) bond motifs is 2. The van der Waals surface area contributed by atoms with Gasteiger partial charge in [-0.2, -0.15) is 0 Å². The molecule has 2 N–H and O–H groups in total. The monoisotopic (exact) mass is 253 g/mol. The Labute approximate surface area is 113 Å². The molecule has 2 fully saturated rings. The first-order valence-electron chi connectivity index (χ1n) is 7.84. The maximum Gasteiger partial charge on any atom is 0.0636 e. The van der Waals surface area contributed by atoms with Crippen LogP contribution in [0.1, 0.15) is 65.7 Å². The molecule has 2 nitrogen and oxygen atoms in total. The van der Waals surface area contributed by atoms with Crippen LogP contribution in [-0.2, 0) is 4.74 Å². The molecule has 2 aliphatic rings. The molecular weight excluding hydrogens is 222 g/mol. The first-order valence-corrected chi connectivity index (χ1v) is 7.84. The third-order valence-electron chi connectivity index (χ3n) is 6.13. The van der Waals surface area contributed by atoms with Crippen LogP contribution in [0.4, 0.5) is 0 Å². The third kappa shape index (κ3) is 2.34. The van der Waals surface area contributed by atoms with E-state index in [1.54, 1.807) is 0 Å². The van der Waals surface area contributed by atoms with Crippen molar-refractivity contribution in [3.8, 4) is 0 Å². The molecule has 0 aromatic carbocycles. The number of unbranched alkanes of at least 4 members (excludes halogenated alkanes) is 3. The first kappa shape index (κ1) is 14.3. The van der Waals surface area contributed by atoms with Crippen LogP contribution in [0.25, 0.3) is 0 Å². The summed E-state index contributed by atoms with van der Waals surface area (Å²) in [5.41, 5.74) is 6.41. The van der Waals surface area contributed by atoms with Gasteiger partial charge in [-0.3, -0.25) is 0 Å². The van der Waals surface area contributed by atoms with Gasteiger partial charge in [0.05, 0.1) is 6.10 Å². The maximum absolute atomic E-state index is 6.22. The fraction of sp³-hybridized carbons (Fsp3) is 1.00. The largest absolute Gasteiger partial charge is 0.378 e. The zero-order chi connectivity index (χ0) is 13.2. The van der Waals surface area contributed by atoms with Gasteiger partial charge in [-0.1, -0.05) is 33.6 Å². The summed E-state index contributed by atoms with van der Waals surface area (Å²) in [4.78, 5) is 0. The van der Waals surface area contributed by atoms with Crippen molar-refractivity contribution in [2.75, 3.05) is 13.2 Å². The Kier molecular flexibility index (Phi) is 4.38. The molecule has 0 saturated heterocycles. The molecular formula is C16H31NO. The van der Waals surface area contributed by atoms with Gasteiger partial charge in [0.25, 0.3) is 0 Å². The number of hydrogen-bond acceptors (Lipinski definition) is 2. The molecule has 0 radical (unpaired) electrons. The summed E-state index contributed by atoms with van der Waals surface area (Å²) >= 11 is 0. The number of hydrogen-bond donors (Lipinski definition) is 1. The second-order valence-electron chi connectivity index (χ2n) is 7.17. The van der Waals surface area contributed by atoms with Gasteiger partial charge >= 0.3 is 0 Å². The minimum absolute atomic E-state index is 0.426. The lowest BCUT2D eigenvalue weighted by Crippen LogP contribution is -2.37. The van der Waals surface area contributed by atoms with E-state index in [4.69, 9.17) is 10.5 Å². The Bertz CT molecular complexity index is 276. The topological polar surface area (TPSA) is 35.2 Å². The molecule has 0 aromatic heterocycles. The second kappa shape index (κ2) is 5.50. The summed E-state index contributed by atoms with van der Waals surface area (Å²) in [6.07, 6.45) is 9.49. The SMILES string of the molecule is CC1(C)C2CCC1(C)C(OCCCCCCN)C2. The number of rotatable bonds is 7. The minimum atomic E-state index is 0.426. The molecule has 0 amide bonds. The van der Waals surface area contributed by atoms with Gasteiger partial charge in [0, 0.05) is 6.61 Å². The highest BCUT2D eigenvalue weighted by molar-refractivity contribution is 5.11. The van der Waals surface area contributed by atoms with Gasteiger partial charge in [0.2, 0.25) is 0 Å². The van der Waals surface area contributed by atoms with E-state index in [2.05, 4.69) is 20.8 Å². The molecule has 2 bridgehead atoms. The summed E-state index contributed by atoms with van der Waals surface area (Å²) in [5, 5.41) is 0. The molecule has 2 rings (SSSR count). The lowest BCUT2D eigenvalue weighted by molar-refractivity contribution is -0.0475. The van der Waals surface area contributed by atoms with Gasteiger partial charge in [0.15, 0.2) is 0 Å². The van der Waals surface area contributed by atoms with Crippen LogP contribution < -0.4 is 5.73 Å². The van der Waals surface area contributed by atoms with Crippen LogP contribution in [-0.4, -0.2) is 19.3 Å². The fourth-order valence-corrected chi connectivity index (χ4v) is 4.21. The molecule has 2 heteroatoms. The van der Waals surface area contributed by atoms with Gasteiger partial charge in [0.1, 0.15) is 0 Å². The summed E-state index contributed by atoms with van der Waals surface area (Å²) in [7, 11) is 0. The van der Waals surface area contributed by atoms with E-state index < -0.39 is 0 Å². The second-order valence-corrected chi connectivity index (χ2v) is 7.17. The van der Waals surface area contributed by atoms with Crippen molar-refractivity contribution in [1.82, 2.24) is 0 Å². The van der Waals surface area contributed by atoms with Crippen LogP contribution in [0.3, 0.4) is 0 Å². The molecule has 18 heavy (non-hydrogen) atoms. The summed E-state index contributed by atoms with van der Waals surface area (Å²) in [6, 6.07) is 0. The molecule has 2 aliphatic carbocycles. The molecule has 3 atom stereocenters. The smallest absolute Gasteiger partial charge is 0.0636 e. The normalized spacial score (nSPS) is 37.3. The van der Waals surface area contributed by atoms with E-state index >= 15 is 0 Å². The van der Waals surface area contributed by atoms with E-state index in [0.717, 1.165) is 25.5 Å². The quantitative estimate of drug-likeness (QED) is 0.702. The van der Waals surface area contributed by atoms with Gasteiger partial charge < -0.3 is 10.5 Å². The average Bonchev–Trinajstić information content (AvgIpc) is 2.66. The zero-order valence-electron chi connectivity index (χ0n) is 12.5. The van der Waals surface area contributed by atoms with Gasteiger partial charge in [-0.25, -0.2) is 0 Å². The molecule has 106 valence electrons.